The summed E-state index contributed by atoms with van der Waals surface area (Å²) in [7, 11) is 0. The van der Waals surface area contributed by atoms with Gasteiger partial charge in [-0.2, -0.15) is 0 Å². The van der Waals surface area contributed by atoms with Crippen molar-refractivity contribution in [2.24, 2.45) is 5.92 Å². The smallest absolute Gasteiger partial charge is 0.243 e. The molecule has 2 aliphatic rings. The third-order valence-electron chi connectivity index (χ3n) is 3.93. The summed E-state index contributed by atoms with van der Waals surface area (Å²) in [6.07, 6.45) is 7.20. The Morgan fingerprint density at radius 3 is 2.71 bits per heavy atom. The normalized spacial score (nSPS) is 35.2. The van der Waals surface area contributed by atoms with E-state index in [9.17, 15) is 9.59 Å². The molecule has 1 saturated carbocycles. The predicted molar refractivity (Wildman–Crippen MR) is 65.3 cm³/mol. The van der Waals surface area contributed by atoms with Crippen LogP contribution in [0, 0.1) is 5.92 Å². The molecule has 2 rings (SSSR count). The molecule has 3 unspecified atom stereocenters. The molecule has 0 aromatic carbocycles. The van der Waals surface area contributed by atoms with Crippen molar-refractivity contribution in [1.29, 1.82) is 0 Å². The van der Waals surface area contributed by atoms with Crippen molar-refractivity contribution in [1.82, 2.24) is 10.6 Å². The van der Waals surface area contributed by atoms with Crippen LogP contribution in [0.25, 0.3) is 0 Å². The fourth-order valence-electron chi connectivity index (χ4n) is 2.79. The SMILES string of the molecule is CC1CCCC(NC2CCC(=O)NC2=O)CC1. The lowest BCUT2D eigenvalue weighted by molar-refractivity contribution is -0.134. The second-order valence-electron chi connectivity index (χ2n) is 5.48. The Bertz CT molecular complexity index is 304. The zero-order valence-corrected chi connectivity index (χ0v) is 10.5. The first kappa shape index (κ1) is 12.6. The third kappa shape index (κ3) is 3.53. The molecule has 1 saturated heterocycles. The van der Waals surface area contributed by atoms with E-state index in [2.05, 4.69) is 17.6 Å². The Morgan fingerprint density at radius 1 is 1.12 bits per heavy atom. The molecule has 4 nitrogen and oxygen atoms in total. The van der Waals surface area contributed by atoms with E-state index in [-0.39, 0.29) is 17.9 Å². The van der Waals surface area contributed by atoms with E-state index in [1.165, 1.54) is 19.3 Å². The lowest BCUT2D eigenvalue weighted by Gasteiger charge is -2.26. The van der Waals surface area contributed by atoms with Crippen LogP contribution >= 0.6 is 0 Å². The van der Waals surface area contributed by atoms with Gasteiger partial charge in [-0.25, -0.2) is 0 Å². The molecule has 0 bridgehead atoms. The van der Waals surface area contributed by atoms with Gasteiger partial charge in [0.1, 0.15) is 0 Å². The number of nitrogens with one attached hydrogen (secondary N) is 2. The molecule has 2 fully saturated rings. The highest BCUT2D eigenvalue weighted by Crippen LogP contribution is 2.23. The molecule has 1 aliphatic heterocycles. The molecule has 0 aromatic heterocycles. The van der Waals surface area contributed by atoms with E-state index in [1.807, 2.05) is 0 Å². The van der Waals surface area contributed by atoms with Crippen LogP contribution in [0.1, 0.15) is 51.9 Å². The van der Waals surface area contributed by atoms with Crippen molar-refractivity contribution in [3.63, 3.8) is 0 Å². The Hall–Kier alpha value is -0.900. The van der Waals surface area contributed by atoms with Crippen LogP contribution in [0.2, 0.25) is 0 Å². The van der Waals surface area contributed by atoms with E-state index in [0.29, 0.717) is 18.9 Å². The zero-order valence-electron chi connectivity index (χ0n) is 10.5. The molecule has 0 spiro atoms. The van der Waals surface area contributed by atoms with Crippen LogP contribution in [0.15, 0.2) is 0 Å². The summed E-state index contributed by atoms with van der Waals surface area (Å²) in [5.41, 5.74) is 0. The standard InChI is InChI=1S/C13H22N2O2/c1-9-3-2-4-10(6-5-9)14-11-7-8-12(16)15-13(11)17/h9-11,14H,2-8H2,1H3,(H,15,16,17). The largest absolute Gasteiger partial charge is 0.303 e. The first-order valence-electron chi connectivity index (χ1n) is 6.75. The number of hydrogen-bond acceptors (Lipinski definition) is 3. The molecule has 1 aliphatic carbocycles. The van der Waals surface area contributed by atoms with Crippen LogP contribution in [0.3, 0.4) is 0 Å². The van der Waals surface area contributed by atoms with Gasteiger partial charge in [0.15, 0.2) is 0 Å². The summed E-state index contributed by atoms with van der Waals surface area (Å²) in [6, 6.07) is 0.287. The Labute approximate surface area is 103 Å². The van der Waals surface area contributed by atoms with Gasteiger partial charge in [0.05, 0.1) is 6.04 Å². The van der Waals surface area contributed by atoms with Crippen molar-refractivity contribution >= 4 is 11.8 Å². The molecular weight excluding hydrogens is 216 g/mol. The van der Waals surface area contributed by atoms with Gasteiger partial charge in [0.25, 0.3) is 0 Å². The van der Waals surface area contributed by atoms with Gasteiger partial charge >= 0.3 is 0 Å². The minimum Gasteiger partial charge on any atom is -0.303 e. The number of amides is 2. The summed E-state index contributed by atoms with van der Waals surface area (Å²) in [6.45, 7) is 2.30. The minimum atomic E-state index is -0.161. The van der Waals surface area contributed by atoms with Gasteiger partial charge < -0.3 is 5.32 Å². The van der Waals surface area contributed by atoms with Crippen LogP contribution in [0.4, 0.5) is 0 Å². The molecule has 2 amide bonds. The number of hydrogen-bond donors (Lipinski definition) is 2. The maximum atomic E-state index is 11.6. The third-order valence-corrected chi connectivity index (χ3v) is 3.93. The van der Waals surface area contributed by atoms with Gasteiger partial charge in [0.2, 0.25) is 11.8 Å². The molecule has 4 heteroatoms. The zero-order chi connectivity index (χ0) is 12.3. The minimum absolute atomic E-state index is 0.137. The van der Waals surface area contributed by atoms with Gasteiger partial charge in [-0.05, 0) is 31.6 Å². The number of carbonyl (C=O) groups excluding carboxylic acids is 2. The number of piperidine rings is 1. The summed E-state index contributed by atoms with van der Waals surface area (Å²) < 4.78 is 0. The summed E-state index contributed by atoms with van der Waals surface area (Å²) >= 11 is 0. The molecule has 0 aromatic rings. The van der Waals surface area contributed by atoms with Gasteiger partial charge in [-0.3, -0.25) is 14.9 Å². The molecule has 96 valence electrons. The van der Waals surface area contributed by atoms with Crippen molar-refractivity contribution in [2.45, 2.75) is 64.0 Å². The van der Waals surface area contributed by atoms with E-state index in [1.54, 1.807) is 0 Å². The van der Waals surface area contributed by atoms with Crippen LogP contribution in [-0.4, -0.2) is 23.9 Å². The highest BCUT2D eigenvalue weighted by atomic mass is 16.2. The highest BCUT2D eigenvalue weighted by molar-refractivity contribution is 6.00. The quantitative estimate of drug-likeness (QED) is 0.564. The Balaban J connectivity index is 1.83. The van der Waals surface area contributed by atoms with Gasteiger partial charge in [0, 0.05) is 12.5 Å². The lowest BCUT2D eigenvalue weighted by Crippen LogP contribution is -2.53. The molecular formula is C13H22N2O2. The average molecular weight is 238 g/mol. The van der Waals surface area contributed by atoms with E-state index < -0.39 is 0 Å². The lowest BCUT2D eigenvalue weighted by atomic mass is 10.0. The fraction of sp³-hybridized carbons (Fsp3) is 0.846. The van der Waals surface area contributed by atoms with Crippen LogP contribution in [-0.2, 0) is 9.59 Å². The van der Waals surface area contributed by atoms with Crippen molar-refractivity contribution < 1.29 is 9.59 Å². The Morgan fingerprint density at radius 2 is 1.94 bits per heavy atom. The van der Waals surface area contributed by atoms with Crippen LogP contribution in [0.5, 0.6) is 0 Å². The molecule has 3 atom stereocenters. The Kier molecular flexibility index (Phi) is 4.15. The van der Waals surface area contributed by atoms with Gasteiger partial charge in [-0.1, -0.05) is 19.8 Å². The first-order valence-corrected chi connectivity index (χ1v) is 6.75. The van der Waals surface area contributed by atoms with Crippen molar-refractivity contribution in [3.05, 3.63) is 0 Å². The average Bonchev–Trinajstić information content (AvgIpc) is 2.48. The van der Waals surface area contributed by atoms with Crippen molar-refractivity contribution in [2.75, 3.05) is 0 Å². The molecule has 17 heavy (non-hydrogen) atoms. The monoisotopic (exact) mass is 238 g/mol. The first-order chi connectivity index (χ1) is 8.15. The van der Waals surface area contributed by atoms with Crippen molar-refractivity contribution in [3.8, 4) is 0 Å². The van der Waals surface area contributed by atoms with E-state index in [4.69, 9.17) is 0 Å². The number of imide groups is 1. The summed E-state index contributed by atoms with van der Waals surface area (Å²) in [5, 5.41) is 5.83. The van der Waals surface area contributed by atoms with Crippen LogP contribution < -0.4 is 10.6 Å². The fourth-order valence-corrected chi connectivity index (χ4v) is 2.79. The second-order valence-corrected chi connectivity index (χ2v) is 5.48. The summed E-state index contributed by atoms with van der Waals surface area (Å²) in [4.78, 5) is 22.7. The predicted octanol–water partition coefficient (Wildman–Crippen LogP) is 1.35. The van der Waals surface area contributed by atoms with E-state index >= 15 is 0 Å². The van der Waals surface area contributed by atoms with Gasteiger partial charge in [-0.15, -0.1) is 0 Å². The second kappa shape index (κ2) is 5.63. The topological polar surface area (TPSA) is 58.2 Å². The highest BCUT2D eigenvalue weighted by Gasteiger charge is 2.28. The molecule has 0 radical (unpaired) electrons. The van der Waals surface area contributed by atoms with E-state index in [0.717, 1.165) is 18.8 Å². The molecule has 1 heterocycles. The maximum Gasteiger partial charge on any atom is 0.243 e. The number of carbonyl (C=O) groups is 2. The number of rotatable bonds is 2. The molecule has 2 N–H and O–H groups in total. The maximum absolute atomic E-state index is 11.6. The summed E-state index contributed by atoms with van der Waals surface area (Å²) in [5.74, 6) is 0.532.